The summed E-state index contributed by atoms with van der Waals surface area (Å²) in [6.07, 6.45) is 0. The molecule has 0 aliphatic heterocycles. The van der Waals surface area contributed by atoms with Crippen LogP contribution in [0.4, 0.5) is 0 Å². The molecule has 0 heterocycles. The van der Waals surface area contributed by atoms with Crippen molar-refractivity contribution in [3.8, 4) is 0 Å². The zero-order valence-electron chi connectivity index (χ0n) is 9.50. The summed E-state index contributed by atoms with van der Waals surface area (Å²) in [5, 5.41) is -0.668. The van der Waals surface area contributed by atoms with E-state index in [1.54, 1.807) is 32.0 Å². The number of hydrogen-bond acceptors (Lipinski definition) is 3. The standard InChI is InChI=1S/C12H12ClIO3/c1-3-17-12(16)8-5-4-6-9(14)10(8)11(15)7(2)13/h4-7H,3H2,1-2H3. The van der Waals surface area contributed by atoms with Crippen molar-refractivity contribution in [2.45, 2.75) is 19.2 Å². The molecular formula is C12H12ClIO3. The maximum atomic E-state index is 12.0. The summed E-state index contributed by atoms with van der Waals surface area (Å²) >= 11 is 7.79. The van der Waals surface area contributed by atoms with E-state index in [9.17, 15) is 9.59 Å². The zero-order chi connectivity index (χ0) is 13.0. The highest BCUT2D eigenvalue weighted by Crippen LogP contribution is 2.21. The smallest absolute Gasteiger partial charge is 0.338 e. The number of esters is 1. The lowest BCUT2D eigenvalue weighted by Gasteiger charge is -2.10. The molecule has 1 aromatic rings. The Morgan fingerprint density at radius 2 is 2.12 bits per heavy atom. The summed E-state index contributed by atoms with van der Waals surface area (Å²) in [5.74, 6) is -0.758. The Morgan fingerprint density at radius 1 is 1.47 bits per heavy atom. The first kappa shape index (κ1) is 14.4. The molecular weight excluding hydrogens is 354 g/mol. The van der Waals surface area contributed by atoms with Gasteiger partial charge in [-0.05, 0) is 48.6 Å². The van der Waals surface area contributed by atoms with Gasteiger partial charge in [-0.1, -0.05) is 6.07 Å². The molecule has 0 fully saturated rings. The minimum Gasteiger partial charge on any atom is -0.462 e. The SMILES string of the molecule is CCOC(=O)c1cccc(I)c1C(=O)C(C)Cl. The first-order chi connectivity index (χ1) is 7.99. The van der Waals surface area contributed by atoms with Crippen LogP contribution in [0.25, 0.3) is 0 Å². The van der Waals surface area contributed by atoms with Crippen molar-refractivity contribution in [3.63, 3.8) is 0 Å². The molecule has 3 nitrogen and oxygen atoms in total. The number of alkyl halides is 1. The van der Waals surface area contributed by atoms with Crippen molar-refractivity contribution >= 4 is 45.9 Å². The predicted molar refractivity (Wildman–Crippen MR) is 74.8 cm³/mol. The van der Waals surface area contributed by atoms with Gasteiger partial charge in [0, 0.05) is 9.13 Å². The molecule has 1 aromatic carbocycles. The maximum Gasteiger partial charge on any atom is 0.338 e. The van der Waals surface area contributed by atoms with Crippen molar-refractivity contribution in [2.24, 2.45) is 0 Å². The first-order valence-electron chi connectivity index (χ1n) is 5.13. The van der Waals surface area contributed by atoms with Crippen molar-refractivity contribution in [1.82, 2.24) is 0 Å². The van der Waals surface area contributed by atoms with Crippen LogP contribution in [0.2, 0.25) is 0 Å². The van der Waals surface area contributed by atoms with Gasteiger partial charge in [0.15, 0.2) is 5.78 Å². The van der Waals surface area contributed by atoms with E-state index in [4.69, 9.17) is 16.3 Å². The summed E-state index contributed by atoms with van der Waals surface area (Å²) in [6.45, 7) is 3.58. The fraction of sp³-hybridized carbons (Fsp3) is 0.333. The summed E-state index contributed by atoms with van der Waals surface area (Å²) in [7, 11) is 0. The van der Waals surface area contributed by atoms with E-state index in [1.807, 2.05) is 22.6 Å². The second kappa shape index (κ2) is 6.35. The van der Waals surface area contributed by atoms with Crippen LogP contribution in [-0.4, -0.2) is 23.7 Å². The number of carbonyl (C=O) groups is 2. The Bertz CT molecular complexity index is 443. The summed E-state index contributed by atoms with van der Waals surface area (Å²) < 4.78 is 5.62. The molecule has 0 N–H and O–H groups in total. The van der Waals surface area contributed by atoms with Crippen molar-refractivity contribution in [1.29, 1.82) is 0 Å². The fourth-order valence-corrected chi connectivity index (χ4v) is 2.23. The van der Waals surface area contributed by atoms with Gasteiger partial charge in [-0.3, -0.25) is 4.79 Å². The highest BCUT2D eigenvalue weighted by Gasteiger charge is 2.23. The van der Waals surface area contributed by atoms with Crippen LogP contribution in [0.15, 0.2) is 18.2 Å². The molecule has 1 unspecified atom stereocenters. The minimum atomic E-state index is -0.668. The molecule has 1 atom stereocenters. The Balaban J connectivity index is 3.26. The molecule has 92 valence electrons. The monoisotopic (exact) mass is 366 g/mol. The van der Waals surface area contributed by atoms with Gasteiger partial charge in [-0.25, -0.2) is 4.79 Å². The van der Waals surface area contributed by atoms with Gasteiger partial charge < -0.3 is 4.74 Å². The molecule has 0 aliphatic rings. The van der Waals surface area contributed by atoms with E-state index in [1.165, 1.54) is 0 Å². The van der Waals surface area contributed by atoms with Gasteiger partial charge in [0.25, 0.3) is 0 Å². The van der Waals surface area contributed by atoms with Gasteiger partial charge in [-0.2, -0.15) is 0 Å². The summed E-state index contributed by atoms with van der Waals surface area (Å²) in [4.78, 5) is 23.7. The van der Waals surface area contributed by atoms with E-state index in [0.29, 0.717) is 9.13 Å². The number of hydrogen-bond donors (Lipinski definition) is 0. The van der Waals surface area contributed by atoms with Crippen LogP contribution in [0, 0.1) is 3.57 Å². The second-order valence-electron chi connectivity index (χ2n) is 3.36. The number of rotatable bonds is 4. The lowest BCUT2D eigenvalue weighted by Crippen LogP contribution is -2.18. The number of benzene rings is 1. The molecule has 0 saturated heterocycles. The lowest BCUT2D eigenvalue weighted by molar-refractivity contribution is 0.0523. The Morgan fingerprint density at radius 3 is 2.65 bits per heavy atom. The largest absolute Gasteiger partial charge is 0.462 e. The average Bonchev–Trinajstić information content (AvgIpc) is 2.28. The van der Waals surface area contributed by atoms with Crippen LogP contribution < -0.4 is 0 Å². The molecule has 0 aliphatic carbocycles. The van der Waals surface area contributed by atoms with Crippen LogP contribution in [0.3, 0.4) is 0 Å². The summed E-state index contributed by atoms with van der Waals surface area (Å²) in [6, 6.07) is 5.05. The average molecular weight is 367 g/mol. The van der Waals surface area contributed by atoms with Gasteiger partial charge in [-0.15, -0.1) is 11.6 Å². The lowest BCUT2D eigenvalue weighted by atomic mass is 10.0. The molecule has 17 heavy (non-hydrogen) atoms. The van der Waals surface area contributed by atoms with Gasteiger partial charge in [0.2, 0.25) is 0 Å². The van der Waals surface area contributed by atoms with Gasteiger partial charge in [0.1, 0.15) is 0 Å². The highest BCUT2D eigenvalue weighted by atomic mass is 127. The molecule has 0 amide bonds. The van der Waals surface area contributed by atoms with E-state index in [2.05, 4.69) is 0 Å². The molecule has 0 radical (unpaired) electrons. The minimum absolute atomic E-state index is 0.264. The van der Waals surface area contributed by atoms with E-state index in [-0.39, 0.29) is 18.0 Å². The van der Waals surface area contributed by atoms with Gasteiger partial charge >= 0.3 is 5.97 Å². The molecule has 1 rings (SSSR count). The van der Waals surface area contributed by atoms with Crippen LogP contribution in [0.1, 0.15) is 34.6 Å². The molecule has 0 bridgehead atoms. The maximum absolute atomic E-state index is 12.0. The first-order valence-corrected chi connectivity index (χ1v) is 6.64. The molecule has 0 spiro atoms. The highest BCUT2D eigenvalue weighted by molar-refractivity contribution is 14.1. The van der Waals surface area contributed by atoms with Crippen LogP contribution in [-0.2, 0) is 4.74 Å². The topological polar surface area (TPSA) is 43.4 Å². The van der Waals surface area contributed by atoms with Crippen molar-refractivity contribution in [2.75, 3.05) is 6.61 Å². The van der Waals surface area contributed by atoms with E-state index < -0.39 is 11.3 Å². The number of ketones is 1. The number of Topliss-reactive ketones (excluding diaryl/α,β-unsaturated/α-hetero) is 1. The number of carbonyl (C=O) groups excluding carboxylic acids is 2. The van der Waals surface area contributed by atoms with Crippen LogP contribution >= 0.6 is 34.2 Å². The Labute approximate surface area is 119 Å². The Kier molecular flexibility index (Phi) is 5.39. The quantitative estimate of drug-likeness (QED) is 0.355. The van der Waals surface area contributed by atoms with Crippen molar-refractivity contribution in [3.05, 3.63) is 32.9 Å². The third kappa shape index (κ3) is 3.42. The van der Waals surface area contributed by atoms with E-state index >= 15 is 0 Å². The second-order valence-corrected chi connectivity index (χ2v) is 5.18. The third-order valence-corrected chi connectivity index (χ3v) is 3.21. The summed E-state index contributed by atoms with van der Waals surface area (Å²) in [5.41, 5.74) is 0.616. The zero-order valence-corrected chi connectivity index (χ0v) is 12.4. The van der Waals surface area contributed by atoms with Gasteiger partial charge in [0.05, 0.1) is 17.5 Å². The number of ether oxygens (including phenoxy) is 1. The normalized spacial score (nSPS) is 12.0. The predicted octanol–water partition coefficient (Wildman–Crippen LogP) is 3.28. The molecule has 0 saturated carbocycles. The number of halogens is 2. The molecule has 0 aromatic heterocycles. The fourth-order valence-electron chi connectivity index (χ4n) is 1.35. The molecule has 5 heteroatoms. The van der Waals surface area contributed by atoms with Crippen LogP contribution in [0.5, 0.6) is 0 Å². The van der Waals surface area contributed by atoms with E-state index in [0.717, 1.165) is 0 Å². The van der Waals surface area contributed by atoms with Crippen molar-refractivity contribution < 1.29 is 14.3 Å². The third-order valence-electron chi connectivity index (χ3n) is 2.12. The Hall–Kier alpha value is -0.620.